The number of thiophene rings is 1. The lowest BCUT2D eigenvalue weighted by Crippen LogP contribution is -2.55. The second-order valence-electron chi connectivity index (χ2n) is 6.04. The van der Waals surface area contributed by atoms with Gasteiger partial charge >= 0.3 is 0 Å². The van der Waals surface area contributed by atoms with Gasteiger partial charge in [-0.15, -0.1) is 11.3 Å². The van der Waals surface area contributed by atoms with E-state index in [1.807, 2.05) is 11.3 Å². The van der Waals surface area contributed by atoms with Crippen molar-refractivity contribution in [2.24, 2.45) is 5.84 Å². The van der Waals surface area contributed by atoms with E-state index in [0.717, 1.165) is 0 Å². The van der Waals surface area contributed by atoms with E-state index >= 15 is 0 Å². The first-order chi connectivity index (χ1) is 9.28. The Labute approximate surface area is 120 Å². The van der Waals surface area contributed by atoms with Crippen LogP contribution in [-0.4, -0.2) is 23.5 Å². The number of hydrogen-bond acceptors (Lipinski definition) is 4. The SMILES string of the molecule is Cc1sccc1C(NN)C1(N2CCCC2)CCCC1. The highest BCUT2D eigenvalue weighted by atomic mass is 32.1. The van der Waals surface area contributed by atoms with Crippen LogP contribution in [0.5, 0.6) is 0 Å². The maximum absolute atomic E-state index is 5.99. The molecule has 19 heavy (non-hydrogen) atoms. The minimum atomic E-state index is 0.261. The summed E-state index contributed by atoms with van der Waals surface area (Å²) in [5.41, 5.74) is 4.85. The monoisotopic (exact) mass is 279 g/mol. The van der Waals surface area contributed by atoms with Gasteiger partial charge in [-0.1, -0.05) is 12.8 Å². The first-order valence-corrected chi connectivity index (χ1v) is 8.41. The van der Waals surface area contributed by atoms with Crippen LogP contribution in [0.2, 0.25) is 0 Å². The summed E-state index contributed by atoms with van der Waals surface area (Å²) in [6, 6.07) is 2.56. The third-order valence-electron chi connectivity index (χ3n) is 5.12. The van der Waals surface area contributed by atoms with Gasteiger partial charge in [0.1, 0.15) is 0 Å². The van der Waals surface area contributed by atoms with E-state index in [1.54, 1.807) is 0 Å². The number of nitrogens with one attached hydrogen (secondary N) is 1. The van der Waals surface area contributed by atoms with Gasteiger partial charge in [-0.05, 0) is 62.7 Å². The van der Waals surface area contributed by atoms with E-state index in [-0.39, 0.29) is 5.54 Å². The second-order valence-corrected chi connectivity index (χ2v) is 7.16. The molecule has 0 spiro atoms. The van der Waals surface area contributed by atoms with Gasteiger partial charge < -0.3 is 0 Å². The summed E-state index contributed by atoms with van der Waals surface area (Å²) in [6.45, 7) is 4.72. The maximum Gasteiger partial charge on any atom is 0.0654 e. The first-order valence-electron chi connectivity index (χ1n) is 7.53. The third-order valence-corrected chi connectivity index (χ3v) is 5.98. The summed E-state index contributed by atoms with van der Waals surface area (Å²) in [6.07, 6.45) is 7.97. The summed E-state index contributed by atoms with van der Waals surface area (Å²) in [7, 11) is 0. The molecule has 106 valence electrons. The molecule has 0 aromatic carbocycles. The van der Waals surface area contributed by atoms with Crippen molar-refractivity contribution in [1.82, 2.24) is 10.3 Å². The molecule has 1 aliphatic heterocycles. The number of nitrogens with zero attached hydrogens (tertiary/aromatic N) is 1. The van der Waals surface area contributed by atoms with Crippen molar-refractivity contribution in [3.63, 3.8) is 0 Å². The van der Waals surface area contributed by atoms with Crippen LogP contribution in [0, 0.1) is 6.92 Å². The smallest absolute Gasteiger partial charge is 0.0654 e. The fraction of sp³-hybridized carbons (Fsp3) is 0.733. The molecule has 1 aliphatic carbocycles. The van der Waals surface area contributed by atoms with Crippen molar-refractivity contribution >= 4 is 11.3 Å². The number of hydrogen-bond donors (Lipinski definition) is 2. The number of rotatable bonds is 4. The van der Waals surface area contributed by atoms with Crippen LogP contribution in [0.15, 0.2) is 11.4 Å². The highest BCUT2D eigenvalue weighted by molar-refractivity contribution is 7.10. The Hall–Kier alpha value is -0.420. The molecule has 2 aliphatic rings. The molecular formula is C15H25N3S. The quantitative estimate of drug-likeness (QED) is 0.657. The van der Waals surface area contributed by atoms with E-state index in [2.05, 4.69) is 28.7 Å². The zero-order valence-corrected chi connectivity index (χ0v) is 12.6. The topological polar surface area (TPSA) is 41.3 Å². The molecule has 1 saturated carbocycles. The van der Waals surface area contributed by atoms with Gasteiger partial charge in [-0.25, -0.2) is 0 Å². The van der Waals surface area contributed by atoms with Gasteiger partial charge in [-0.2, -0.15) is 0 Å². The van der Waals surface area contributed by atoms with E-state index in [4.69, 9.17) is 5.84 Å². The third kappa shape index (κ3) is 2.25. The van der Waals surface area contributed by atoms with Crippen LogP contribution in [0.1, 0.15) is 55.0 Å². The lowest BCUT2D eigenvalue weighted by molar-refractivity contribution is 0.0764. The van der Waals surface area contributed by atoms with Gasteiger partial charge in [0.25, 0.3) is 0 Å². The largest absolute Gasteiger partial charge is 0.296 e. The number of likely N-dealkylation sites (tertiary alicyclic amines) is 1. The minimum absolute atomic E-state index is 0.261. The van der Waals surface area contributed by atoms with Crippen molar-refractivity contribution in [2.75, 3.05) is 13.1 Å². The highest BCUT2D eigenvalue weighted by Gasteiger charge is 2.47. The molecule has 1 unspecified atom stereocenters. The highest BCUT2D eigenvalue weighted by Crippen LogP contribution is 2.46. The molecule has 0 radical (unpaired) electrons. The van der Waals surface area contributed by atoms with Crippen molar-refractivity contribution in [3.8, 4) is 0 Å². The Morgan fingerprint density at radius 1 is 1.26 bits per heavy atom. The molecule has 0 amide bonds. The normalized spacial score (nSPS) is 24.9. The lowest BCUT2D eigenvalue weighted by Gasteiger charge is -2.45. The number of hydrazine groups is 1. The molecule has 1 atom stereocenters. The molecule has 1 saturated heterocycles. The van der Waals surface area contributed by atoms with Crippen LogP contribution in [-0.2, 0) is 0 Å². The van der Waals surface area contributed by atoms with Gasteiger partial charge in [0, 0.05) is 10.4 Å². The van der Waals surface area contributed by atoms with E-state index in [1.165, 1.54) is 62.1 Å². The summed E-state index contributed by atoms with van der Waals surface area (Å²) in [4.78, 5) is 4.13. The molecule has 3 N–H and O–H groups in total. The average Bonchev–Trinajstić information content (AvgIpc) is 3.12. The first kappa shape index (κ1) is 13.6. The fourth-order valence-electron chi connectivity index (χ4n) is 4.17. The van der Waals surface area contributed by atoms with Crippen LogP contribution < -0.4 is 11.3 Å². The molecule has 1 aromatic rings. The van der Waals surface area contributed by atoms with Gasteiger partial charge in [0.15, 0.2) is 0 Å². The molecule has 0 bridgehead atoms. The zero-order valence-electron chi connectivity index (χ0n) is 11.8. The molecule has 1 aromatic heterocycles. The second kappa shape index (κ2) is 5.52. The van der Waals surface area contributed by atoms with Gasteiger partial charge in [0.2, 0.25) is 0 Å². The fourth-order valence-corrected chi connectivity index (χ4v) is 4.91. The summed E-state index contributed by atoms with van der Waals surface area (Å²) >= 11 is 1.83. The van der Waals surface area contributed by atoms with Gasteiger partial charge in [0.05, 0.1) is 6.04 Å². The predicted molar refractivity (Wildman–Crippen MR) is 81.1 cm³/mol. The van der Waals surface area contributed by atoms with E-state index < -0.39 is 0 Å². The van der Waals surface area contributed by atoms with Crippen LogP contribution >= 0.6 is 11.3 Å². The number of aryl methyl sites for hydroxylation is 1. The van der Waals surface area contributed by atoms with Crippen molar-refractivity contribution < 1.29 is 0 Å². The molecule has 4 heteroatoms. The van der Waals surface area contributed by atoms with Crippen molar-refractivity contribution in [3.05, 3.63) is 21.9 Å². The molecule has 3 rings (SSSR count). The maximum atomic E-state index is 5.99. The molecule has 2 heterocycles. The molecule has 2 fully saturated rings. The number of nitrogens with two attached hydrogens (primary N) is 1. The average molecular weight is 279 g/mol. The van der Waals surface area contributed by atoms with Crippen LogP contribution in [0.25, 0.3) is 0 Å². The standard InChI is InChI=1S/C15H25N3S/c1-12-13(6-11-19-12)14(17-16)15(7-2-3-8-15)18-9-4-5-10-18/h6,11,14,17H,2-5,7-10,16H2,1H3. The van der Waals surface area contributed by atoms with Crippen LogP contribution in [0.3, 0.4) is 0 Å². The Balaban J connectivity index is 1.95. The Morgan fingerprint density at radius 3 is 2.47 bits per heavy atom. The van der Waals surface area contributed by atoms with Crippen molar-refractivity contribution in [1.29, 1.82) is 0 Å². The predicted octanol–water partition coefficient (Wildman–Crippen LogP) is 2.97. The van der Waals surface area contributed by atoms with Gasteiger partial charge in [-0.3, -0.25) is 16.2 Å². The molecule has 3 nitrogen and oxygen atoms in total. The Kier molecular flexibility index (Phi) is 3.94. The van der Waals surface area contributed by atoms with E-state index in [0.29, 0.717) is 6.04 Å². The summed E-state index contributed by atoms with van der Waals surface area (Å²) in [5, 5.41) is 2.20. The Bertz CT molecular complexity index is 417. The summed E-state index contributed by atoms with van der Waals surface area (Å²) in [5.74, 6) is 5.99. The zero-order chi connectivity index (χ0) is 13.3. The van der Waals surface area contributed by atoms with Crippen molar-refractivity contribution in [2.45, 2.75) is 57.0 Å². The lowest BCUT2D eigenvalue weighted by atomic mass is 9.82. The Morgan fingerprint density at radius 2 is 1.95 bits per heavy atom. The minimum Gasteiger partial charge on any atom is -0.296 e. The molecular weight excluding hydrogens is 254 g/mol. The van der Waals surface area contributed by atoms with E-state index in [9.17, 15) is 0 Å². The van der Waals surface area contributed by atoms with Crippen LogP contribution in [0.4, 0.5) is 0 Å². The summed E-state index contributed by atoms with van der Waals surface area (Å²) < 4.78 is 0.